The van der Waals surface area contributed by atoms with Crippen LogP contribution in [0, 0.1) is 13.8 Å². The number of esters is 1. The summed E-state index contributed by atoms with van der Waals surface area (Å²) in [6.45, 7) is 10.1. The Morgan fingerprint density at radius 1 is 0.850 bits per heavy atom. The van der Waals surface area contributed by atoms with Gasteiger partial charge in [0.1, 0.15) is 22.8 Å². The summed E-state index contributed by atoms with van der Waals surface area (Å²) in [5.41, 5.74) is 4.72. The third kappa shape index (κ3) is 9.28. The highest BCUT2D eigenvalue weighted by atomic mass is 16.5. The number of carbonyl (C=O) groups is 1. The summed E-state index contributed by atoms with van der Waals surface area (Å²) in [5, 5.41) is 9.84. The Morgan fingerprint density at radius 3 is 1.90 bits per heavy atom. The predicted molar refractivity (Wildman–Crippen MR) is 167 cm³/mol. The number of benzene rings is 2. The lowest BCUT2D eigenvalue weighted by Crippen LogP contribution is -2.37. The van der Waals surface area contributed by atoms with E-state index in [9.17, 15) is 9.90 Å². The first-order chi connectivity index (χ1) is 19.3. The molecule has 2 aromatic rings. The normalized spacial score (nSPS) is 16.4. The lowest BCUT2D eigenvalue weighted by molar-refractivity contribution is -0.131. The van der Waals surface area contributed by atoms with Crippen molar-refractivity contribution in [3.63, 3.8) is 0 Å². The van der Waals surface area contributed by atoms with Crippen LogP contribution in [0.3, 0.4) is 0 Å². The van der Waals surface area contributed by atoms with Gasteiger partial charge in [-0.25, -0.2) is 0 Å². The Labute approximate surface area is 243 Å². The first-order valence-corrected chi connectivity index (χ1v) is 16.1. The summed E-state index contributed by atoms with van der Waals surface area (Å²) < 4.78 is 12.6. The van der Waals surface area contributed by atoms with Gasteiger partial charge in [-0.1, -0.05) is 103 Å². The molecule has 0 radical (unpaired) electrons. The molecular weight excluding hydrogens is 496 g/mol. The van der Waals surface area contributed by atoms with E-state index >= 15 is 0 Å². The molecule has 40 heavy (non-hydrogen) atoms. The van der Waals surface area contributed by atoms with Crippen molar-refractivity contribution in [2.45, 2.75) is 149 Å². The van der Waals surface area contributed by atoms with Crippen molar-refractivity contribution in [1.82, 2.24) is 0 Å². The van der Waals surface area contributed by atoms with E-state index in [4.69, 9.17) is 9.47 Å². The van der Waals surface area contributed by atoms with Crippen LogP contribution in [0.1, 0.15) is 140 Å². The zero-order valence-corrected chi connectivity index (χ0v) is 26.0. The van der Waals surface area contributed by atoms with Crippen molar-refractivity contribution < 1.29 is 19.4 Å². The van der Waals surface area contributed by atoms with Gasteiger partial charge in [0.15, 0.2) is 0 Å². The number of fused-ring (bicyclic) bond motifs is 1. The summed E-state index contributed by atoms with van der Waals surface area (Å²) in [7, 11) is 0. The van der Waals surface area contributed by atoms with Crippen LogP contribution in [0.2, 0.25) is 0 Å². The third-order valence-corrected chi connectivity index (χ3v) is 8.76. The zero-order valence-electron chi connectivity index (χ0n) is 26.0. The number of unbranched alkanes of at least 4 members (excludes halogenated alkanes) is 13. The van der Waals surface area contributed by atoms with Gasteiger partial charge in [0, 0.05) is 18.1 Å². The van der Waals surface area contributed by atoms with Gasteiger partial charge in [0.05, 0.1) is 0 Å². The molecule has 1 aliphatic heterocycles. The average molecular weight is 551 g/mol. The largest absolute Gasteiger partial charge is 0.508 e. The van der Waals surface area contributed by atoms with Gasteiger partial charge in [0.2, 0.25) is 0 Å². The highest BCUT2D eigenvalue weighted by Gasteiger charge is 2.35. The number of hydrogen-bond acceptors (Lipinski definition) is 4. The van der Waals surface area contributed by atoms with Crippen LogP contribution < -0.4 is 9.47 Å². The quantitative estimate of drug-likeness (QED) is 0.121. The number of phenolic OH excluding ortho intramolecular Hbond substituents is 1. The van der Waals surface area contributed by atoms with Crippen molar-refractivity contribution in [1.29, 1.82) is 0 Å². The fourth-order valence-corrected chi connectivity index (χ4v) is 6.14. The van der Waals surface area contributed by atoms with Crippen molar-refractivity contribution in [2.75, 3.05) is 0 Å². The molecule has 0 saturated heterocycles. The molecule has 0 aliphatic carbocycles. The number of carbonyl (C=O) groups excluding carboxylic acids is 1. The summed E-state index contributed by atoms with van der Waals surface area (Å²) >= 11 is 0. The molecule has 1 N–H and O–H groups in total. The minimum Gasteiger partial charge on any atom is -0.508 e. The number of aromatic hydroxyl groups is 1. The maximum absolute atomic E-state index is 12.0. The van der Waals surface area contributed by atoms with E-state index in [0.29, 0.717) is 5.75 Å². The smallest absolute Gasteiger partial charge is 0.308 e. The Kier molecular flexibility index (Phi) is 12.9. The molecule has 1 aliphatic rings. The van der Waals surface area contributed by atoms with Crippen molar-refractivity contribution >= 4 is 5.97 Å². The van der Waals surface area contributed by atoms with Gasteiger partial charge in [-0.15, -0.1) is 0 Å². The van der Waals surface area contributed by atoms with E-state index in [2.05, 4.69) is 20.8 Å². The highest BCUT2D eigenvalue weighted by Crippen LogP contribution is 2.49. The topological polar surface area (TPSA) is 55.8 Å². The second kappa shape index (κ2) is 16.1. The molecule has 0 amide bonds. The highest BCUT2D eigenvalue weighted by molar-refractivity contribution is 5.83. The van der Waals surface area contributed by atoms with Crippen LogP contribution in [-0.2, 0) is 11.2 Å². The van der Waals surface area contributed by atoms with Gasteiger partial charge < -0.3 is 14.6 Å². The van der Waals surface area contributed by atoms with Gasteiger partial charge in [-0.2, -0.15) is 0 Å². The first-order valence-electron chi connectivity index (χ1n) is 16.1. The molecule has 0 spiro atoms. The Morgan fingerprint density at radius 2 is 1.38 bits per heavy atom. The number of phenols is 1. The first kappa shape index (κ1) is 32.0. The fraction of sp³-hybridized carbons (Fsp3) is 0.639. The standard InChI is InChI=1S/C36H54O4/c1-6-7-8-9-10-11-12-13-14-15-16-17-18-19-25-36(5)26-24-32-33(30-20-22-31(38)23-21-30)35(39-29(4)37)28(3)27(2)34(32)40-36/h20-23,38H,6-19,24-26H2,1-5H3/t36-/m1/s1. The molecule has 3 rings (SSSR count). The Hall–Kier alpha value is -2.49. The van der Waals surface area contributed by atoms with Crippen molar-refractivity contribution in [3.8, 4) is 28.4 Å². The van der Waals surface area contributed by atoms with Gasteiger partial charge in [-0.05, 0) is 75.3 Å². The van der Waals surface area contributed by atoms with Crippen LogP contribution in [0.5, 0.6) is 17.2 Å². The van der Waals surface area contributed by atoms with Gasteiger partial charge in [0.25, 0.3) is 0 Å². The summed E-state index contributed by atoms with van der Waals surface area (Å²) in [6.07, 6.45) is 22.0. The van der Waals surface area contributed by atoms with E-state index in [0.717, 1.165) is 52.8 Å². The SMILES string of the molecule is CCCCCCCCCCCCCCCC[C@]1(C)CCc2c(c(C)c(C)c(OC(C)=O)c2-c2ccc(O)cc2)O1. The monoisotopic (exact) mass is 550 g/mol. The molecule has 4 heteroatoms. The van der Waals surface area contributed by atoms with E-state index in [1.54, 1.807) is 12.1 Å². The minimum atomic E-state index is -0.332. The predicted octanol–water partition coefficient (Wildman–Crippen LogP) is 10.6. The van der Waals surface area contributed by atoms with Crippen LogP contribution >= 0.6 is 0 Å². The number of hydrogen-bond donors (Lipinski definition) is 1. The molecule has 0 fully saturated rings. The average Bonchev–Trinajstić information content (AvgIpc) is 2.93. The maximum Gasteiger partial charge on any atom is 0.308 e. The van der Waals surface area contributed by atoms with Gasteiger partial charge in [-0.3, -0.25) is 4.79 Å². The van der Waals surface area contributed by atoms with E-state index in [1.807, 2.05) is 19.1 Å². The molecular formula is C36H54O4. The fourth-order valence-electron chi connectivity index (χ4n) is 6.14. The molecule has 2 aromatic carbocycles. The minimum absolute atomic E-state index is 0.184. The lowest BCUT2D eigenvalue weighted by Gasteiger charge is -2.38. The number of rotatable bonds is 17. The molecule has 4 nitrogen and oxygen atoms in total. The van der Waals surface area contributed by atoms with Crippen LogP contribution in [0.25, 0.3) is 11.1 Å². The van der Waals surface area contributed by atoms with E-state index in [-0.39, 0.29) is 17.3 Å². The second-order valence-corrected chi connectivity index (χ2v) is 12.3. The molecule has 1 atom stereocenters. The van der Waals surface area contributed by atoms with Crippen LogP contribution in [0.4, 0.5) is 0 Å². The molecule has 0 aromatic heterocycles. The second-order valence-electron chi connectivity index (χ2n) is 12.3. The van der Waals surface area contributed by atoms with Gasteiger partial charge >= 0.3 is 5.97 Å². The molecule has 0 saturated carbocycles. The van der Waals surface area contributed by atoms with Crippen LogP contribution in [-0.4, -0.2) is 16.7 Å². The molecule has 0 bridgehead atoms. The summed E-state index contributed by atoms with van der Waals surface area (Å²) in [4.78, 5) is 12.0. The lowest BCUT2D eigenvalue weighted by atomic mass is 9.82. The van der Waals surface area contributed by atoms with E-state index in [1.165, 1.54) is 96.8 Å². The maximum atomic E-state index is 12.0. The molecule has 222 valence electrons. The molecule has 0 unspecified atom stereocenters. The molecule has 1 heterocycles. The van der Waals surface area contributed by atoms with Crippen LogP contribution in [0.15, 0.2) is 24.3 Å². The summed E-state index contributed by atoms with van der Waals surface area (Å²) in [5.74, 6) is 1.43. The number of ether oxygens (including phenoxy) is 2. The summed E-state index contributed by atoms with van der Waals surface area (Å²) in [6, 6.07) is 7.13. The zero-order chi connectivity index (χ0) is 29.0. The Balaban J connectivity index is 1.51. The van der Waals surface area contributed by atoms with Crippen molar-refractivity contribution in [2.24, 2.45) is 0 Å². The third-order valence-electron chi connectivity index (χ3n) is 8.76. The van der Waals surface area contributed by atoms with E-state index < -0.39 is 0 Å². The van der Waals surface area contributed by atoms with Crippen molar-refractivity contribution in [3.05, 3.63) is 41.0 Å². The Bertz CT molecular complexity index is 1070.